The molecule has 0 spiro atoms. The van der Waals surface area contributed by atoms with E-state index in [1.54, 1.807) is 0 Å². The fraction of sp³-hybridized carbons (Fsp3) is 0.385. The largest absolute Gasteiger partial charge is 0.461 e. The van der Waals surface area contributed by atoms with E-state index >= 15 is 0 Å². The van der Waals surface area contributed by atoms with Gasteiger partial charge in [0.2, 0.25) is 0 Å². The quantitative estimate of drug-likeness (QED) is 0.825. The van der Waals surface area contributed by atoms with Crippen LogP contribution in [0, 0.1) is 5.41 Å². The van der Waals surface area contributed by atoms with Gasteiger partial charge in [-0.3, -0.25) is 0 Å². The summed E-state index contributed by atoms with van der Waals surface area (Å²) in [5.41, 5.74) is 6.48. The van der Waals surface area contributed by atoms with Crippen LogP contribution in [0.4, 0.5) is 0 Å². The van der Waals surface area contributed by atoms with Crippen LogP contribution in [0.5, 0.6) is 0 Å². The summed E-state index contributed by atoms with van der Waals surface area (Å²) in [6.07, 6.45) is 0.930. The van der Waals surface area contributed by atoms with Crippen LogP contribution in [0.15, 0.2) is 34.7 Å². The standard InChI is InChI=1S/C13H15NO2/c14-7-13(8-15)6-10(13)12-5-9-3-1-2-4-11(9)16-12/h1-5,10,15H,6-8,14H2. The second-order valence-electron chi connectivity index (χ2n) is 4.67. The highest BCUT2D eigenvalue weighted by molar-refractivity contribution is 5.78. The van der Waals surface area contributed by atoms with Gasteiger partial charge in [0, 0.05) is 23.3 Å². The Hall–Kier alpha value is -1.32. The van der Waals surface area contributed by atoms with Gasteiger partial charge in [-0.2, -0.15) is 0 Å². The van der Waals surface area contributed by atoms with E-state index in [1.807, 2.05) is 24.3 Å². The summed E-state index contributed by atoms with van der Waals surface area (Å²) in [7, 11) is 0. The summed E-state index contributed by atoms with van der Waals surface area (Å²) in [6.45, 7) is 0.663. The van der Waals surface area contributed by atoms with Crippen LogP contribution < -0.4 is 5.73 Å². The van der Waals surface area contributed by atoms with E-state index < -0.39 is 0 Å². The maximum Gasteiger partial charge on any atom is 0.134 e. The number of fused-ring (bicyclic) bond motifs is 1. The van der Waals surface area contributed by atoms with Crippen molar-refractivity contribution in [2.24, 2.45) is 11.1 Å². The highest BCUT2D eigenvalue weighted by Gasteiger charge is 2.55. The Balaban J connectivity index is 1.97. The van der Waals surface area contributed by atoms with Gasteiger partial charge in [-0.05, 0) is 18.6 Å². The first-order valence-electron chi connectivity index (χ1n) is 5.58. The molecule has 84 valence electrons. The van der Waals surface area contributed by atoms with Gasteiger partial charge in [0.05, 0.1) is 6.61 Å². The zero-order valence-corrected chi connectivity index (χ0v) is 9.02. The lowest BCUT2D eigenvalue weighted by Gasteiger charge is -2.08. The molecular formula is C13H15NO2. The van der Waals surface area contributed by atoms with Gasteiger partial charge in [0.15, 0.2) is 0 Å². The van der Waals surface area contributed by atoms with Crippen molar-refractivity contribution in [3.63, 3.8) is 0 Å². The number of benzene rings is 1. The first kappa shape index (κ1) is 9.87. The minimum atomic E-state index is -0.131. The van der Waals surface area contributed by atoms with Crippen molar-refractivity contribution in [2.45, 2.75) is 12.3 Å². The first-order valence-corrected chi connectivity index (χ1v) is 5.58. The average molecular weight is 217 g/mol. The van der Waals surface area contributed by atoms with E-state index in [2.05, 4.69) is 6.07 Å². The molecule has 2 aromatic rings. The van der Waals surface area contributed by atoms with E-state index in [1.165, 1.54) is 0 Å². The molecule has 3 nitrogen and oxygen atoms in total. The molecule has 0 saturated heterocycles. The van der Waals surface area contributed by atoms with Crippen LogP contribution in [0.25, 0.3) is 11.0 Å². The third-order valence-electron chi connectivity index (χ3n) is 3.70. The van der Waals surface area contributed by atoms with Crippen molar-refractivity contribution in [1.29, 1.82) is 0 Å². The Labute approximate surface area is 93.9 Å². The van der Waals surface area contributed by atoms with E-state index in [0.717, 1.165) is 23.2 Å². The van der Waals surface area contributed by atoms with Crippen molar-refractivity contribution < 1.29 is 9.52 Å². The van der Waals surface area contributed by atoms with E-state index in [4.69, 9.17) is 10.2 Å². The van der Waals surface area contributed by atoms with Gasteiger partial charge in [-0.15, -0.1) is 0 Å². The van der Waals surface area contributed by atoms with E-state index in [0.29, 0.717) is 6.54 Å². The third-order valence-corrected chi connectivity index (χ3v) is 3.70. The Morgan fingerprint density at radius 1 is 1.44 bits per heavy atom. The maximum absolute atomic E-state index is 9.34. The Kier molecular flexibility index (Phi) is 2.06. The highest BCUT2D eigenvalue weighted by Crippen LogP contribution is 2.58. The van der Waals surface area contributed by atoms with E-state index in [9.17, 15) is 5.11 Å². The second kappa shape index (κ2) is 3.34. The van der Waals surface area contributed by atoms with Gasteiger partial charge in [0.25, 0.3) is 0 Å². The molecule has 0 radical (unpaired) electrons. The van der Waals surface area contributed by atoms with Gasteiger partial charge in [0.1, 0.15) is 11.3 Å². The van der Waals surface area contributed by atoms with Crippen molar-refractivity contribution in [3.05, 3.63) is 36.1 Å². The summed E-state index contributed by atoms with van der Waals surface area (Å²) in [5.74, 6) is 1.25. The number of rotatable bonds is 3. The van der Waals surface area contributed by atoms with Crippen molar-refractivity contribution >= 4 is 11.0 Å². The molecule has 1 aliphatic rings. The molecule has 0 bridgehead atoms. The van der Waals surface area contributed by atoms with Gasteiger partial charge >= 0.3 is 0 Å². The van der Waals surface area contributed by atoms with Gasteiger partial charge in [-0.1, -0.05) is 18.2 Å². The summed E-state index contributed by atoms with van der Waals surface area (Å²) in [4.78, 5) is 0. The summed E-state index contributed by atoms with van der Waals surface area (Å²) in [5, 5.41) is 10.5. The molecule has 2 unspecified atom stereocenters. The molecule has 1 heterocycles. The molecule has 2 atom stereocenters. The minimum Gasteiger partial charge on any atom is -0.461 e. The minimum absolute atomic E-state index is 0.131. The fourth-order valence-corrected chi connectivity index (χ4v) is 2.39. The molecule has 3 N–H and O–H groups in total. The second-order valence-corrected chi connectivity index (χ2v) is 4.67. The number of aliphatic hydroxyl groups is 1. The Morgan fingerprint density at radius 3 is 2.88 bits per heavy atom. The van der Waals surface area contributed by atoms with Crippen LogP contribution in [0.3, 0.4) is 0 Å². The van der Waals surface area contributed by atoms with Crippen LogP contribution in [-0.4, -0.2) is 18.3 Å². The zero-order valence-electron chi connectivity index (χ0n) is 9.02. The molecule has 3 rings (SSSR count). The third kappa shape index (κ3) is 1.29. The van der Waals surface area contributed by atoms with Gasteiger partial charge < -0.3 is 15.3 Å². The Bertz CT molecular complexity index is 480. The number of furan rings is 1. The number of hydrogen-bond acceptors (Lipinski definition) is 3. The lowest BCUT2D eigenvalue weighted by atomic mass is 10.0. The monoisotopic (exact) mass is 217 g/mol. The molecule has 1 aromatic carbocycles. The lowest BCUT2D eigenvalue weighted by molar-refractivity contribution is 0.209. The summed E-state index contributed by atoms with van der Waals surface area (Å²) in [6, 6.07) is 10.0. The molecule has 0 amide bonds. The predicted molar refractivity (Wildman–Crippen MR) is 62.1 cm³/mol. The summed E-state index contributed by atoms with van der Waals surface area (Å²) >= 11 is 0. The zero-order chi connectivity index (χ0) is 11.2. The number of nitrogens with two attached hydrogens (primary N) is 1. The fourth-order valence-electron chi connectivity index (χ4n) is 2.39. The highest BCUT2D eigenvalue weighted by atomic mass is 16.3. The van der Waals surface area contributed by atoms with Crippen LogP contribution in [0.1, 0.15) is 18.1 Å². The van der Waals surface area contributed by atoms with Crippen LogP contribution in [0.2, 0.25) is 0 Å². The molecule has 1 aliphatic carbocycles. The molecule has 1 fully saturated rings. The average Bonchev–Trinajstić information content (AvgIpc) is 2.92. The van der Waals surface area contributed by atoms with Crippen molar-refractivity contribution in [1.82, 2.24) is 0 Å². The molecule has 1 aromatic heterocycles. The first-order chi connectivity index (χ1) is 7.79. The van der Waals surface area contributed by atoms with Crippen molar-refractivity contribution in [2.75, 3.05) is 13.2 Å². The Morgan fingerprint density at radius 2 is 2.25 bits per heavy atom. The van der Waals surface area contributed by atoms with Gasteiger partial charge in [-0.25, -0.2) is 0 Å². The maximum atomic E-state index is 9.34. The van der Waals surface area contributed by atoms with Crippen molar-refractivity contribution in [3.8, 4) is 0 Å². The summed E-state index contributed by atoms with van der Waals surface area (Å²) < 4.78 is 5.78. The molecule has 0 aliphatic heterocycles. The molecule has 16 heavy (non-hydrogen) atoms. The molecular weight excluding hydrogens is 202 g/mol. The number of para-hydroxylation sites is 1. The predicted octanol–water partition coefficient (Wildman–Crippen LogP) is 1.86. The van der Waals surface area contributed by atoms with Crippen LogP contribution in [-0.2, 0) is 0 Å². The smallest absolute Gasteiger partial charge is 0.134 e. The SMILES string of the molecule is NCC1(CO)CC1c1cc2ccccc2o1. The van der Waals surface area contributed by atoms with E-state index in [-0.39, 0.29) is 17.9 Å². The molecule has 3 heteroatoms. The number of aliphatic hydroxyl groups excluding tert-OH is 1. The molecule has 1 saturated carbocycles. The lowest BCUT2D eigenvalue weighted by Crippen LogP contribution is -2.21. The topological polar surface area (TPSA) is 59.4 Å². The normalized spacial score (nSPS) is 28.5. The van der Waals surface area contributed by atoms with Crippen LogP contribution >= 0.6 is 0 Å². The number of hydrogen-bond donors (Lipinski definition) is 2.